The molecule has 1 aromatic carbocycles. The molecule has 1 atom stereocenters. The van der Waals surface area contributed by atoms with Crippen molar-refractivity contribution < 1.29 is 14.3 Å². The van der Waals surface area contributed by atoms with Gasteiger partial charge in [-0.2, -0.15) is 0 Å². The predicted molar refractivity (Wildman–Crippen MR) is 99.6 cm³/mol. The molecule has 0 spiro atoms. The Morgan fingerprint density at radius 2 is 2.08 bits per heavy atom. The minimum atomic E-state index is -0.439. The third-order valence-electron chi connectivity index (χ3n) is 4.16. The van der Waals surface area contributed by atoms with Crippen molar-refractivity contribution in [3.05, 3.63) is 35.9 Å². The minimum absolute atomic E-state index is 0. The number of nitrogens with zero attached hydrogens (tertiary/aromatic N) is 2. The first kappa shape index (κ1) is 21.4. The lowest BCUT2D eigenvalue weighted by Gasteiger charge is -2.33. The van der Waals surface area contributed by atoms with Gasteiger partial charge < -0.3 is 19.9 Å². The maximum absolute atomic E-state index is 12.5. The quantitative estimate of drug-likeness (QED) is 0.701. The zero-order valence-electron chi connectivity index (χ0n) is 14.9. The summed E-state index contributed by atoms with van der Waals surface area (Å²) in [5.74, 6) is -0.0428. The van der Waals surface area contributed by atoms with Crippen LogP contribution in [0.5, 0.6) is 0 Å². The molecule has 2 amide bonds. The third kappa shape index (κ3) is 6.65. The molecule has 6 nitrogen and oxygen atoms in total. The first-order valence-corrected chi connectivity index (χ1v) is 8.49. The summed E-state index contributed by atoms with van der Waals surface area (Å²) >= 11 is 0. The number of hydrogen-bond acceptors (Lipinski definition) is 4. The minimum Gasteiger partial charge on any atom is -0.380 e. The van der Waals surface area contributed by atoms with Crippen LogP contribution in [0.25, 0.3) is 0 Å². The van der Waals surface area contributed by atoms with E-state index in [1.165, 1.54) is 0 Å². The number of carbonyl (C=O) groups excluding carboxylic acids is 2. The molecule has 1 fully saturated rings. The van der Waals surface area contributed by atoms with Crippen molar-refractivity contribution in [3.8, 4) is 0 Å². The average molecular weight is 370 g/mol. The Kier molecular flexibility index (Phi) is 9.49. The van der Waals surface area contributed by atoms with Gasteiger partial charge in [-0.05, 0) is 12.5 Å². The van der Waals surface area contributed by atoms with Gasteiger partial charge in [-0.25, -0.2) is 0 Å². The molecule has 1 aromatic rings. The van der Waals surface area contributed by atoms with Gasteiger partial charge in [-0.15, -0.1) is 12.4 Å². The molecule has 0 radical (unpaired) electrons. The Morgan fingerprint density at radius 3 is 2.76 bits per heavy atom. The number of halogens is 1. The fraction of sp³-hybridized carbons (Fsp3) is 0.556. The highest BCUT2D eigenvalue weighted by Gasteiger charge is 2.30. The third-order valence-corrected chi connectivity index (χ3v) is 4.16. The standard InChI is InChI=1S/C18H27N3O3.ClH/c1-3-24-12-11-21-10-9-19-16(18(21)23)13-17(22)20(2)14-15-7-5-4-6-8-15;/h4-8,16,19H,3,9-14H2,1-2H3;1H. The highest BCUT2D eigenvalue weighted by Crippen LogP contribution is 2.09. The molecule has 1 aliphatic heterocycles. The first-order chi connectivity index (χ1) is 11.6. The van der Waals surface area contributed by atoms with Gasteiger partial charge in [0.2, 0.25) is 11.8 Å². The monoisotopic (exact) mass is 369 g/mol. The van der Waals surface area contributed by atoms with Gasteiger partial charge in [0.25, 0.3) is 0 Å². The largest absolute Gasteiger partial charge is 0.380 e. The van der Waals surface area contributed by atoms with Crippen molar-refractivity contribution in [1.82, 2.24) is 15.1 Å². The zero-order valence-corrected chi connectivity index (χ0v) is 15.8. The zero-order chi connectivity index (χ0) is 17.4. The number of carbonyl (C=O) groups is 2. The van der Waals surface area contributed by atoms with E-state index in [4.69, 9.17) is 4.74 Å². The van der Waals surface area contributed by atoms with E-state index in [9.17, 15) is 9.59 Å². The van der Waals surface area contributed by atoms with Gasteiger partial charge in [0, 0.05) is 39.8 Å². The Morgan fingerprint density at radius 1 is 1.36 bits per heavy atom. The van der Waals surface area contributed by atoms with Crippen LogP contribution >= 0.6 is 12.4 Å². The van der Waals surface area contributed by atoms with Crippen LogP contribution in [0.15, 0.2) is 30.3 Å². The molecule has 0 aromatic heterocycles. The van der Waals surface area contributed by atoms with Crippen molar-refractivity contribution in [2.45, 2.75) is 25.9 Å². The maximum Gasteiger partial charge on any atom is 0.240 e. The van der Waals surface area contributed by atoms with E-state index < -0.39 is 6.04 Å². The van der Waals surface area contributed by atoms with Crippen LogP contribution in [-0.2, 0) is 20.9 Å². The van der Waals surface area contributed by atoms with Crippen LogP contribution in [0.3, 0.4) is 0 Å². The van der Waals surface area contributed by atoms with E-state index in [1.54, 1.807) is 16.8 Å². The van der Waals surface area contributed by atoms with E-state index in [2.05, 4.69) is 5.32 Å². The summed E-state index contributed by atoms with van der Waals surface area (Å²) in [5, 5.41) is 3.16. The van der Waals surface area contributed by atoms with Crippen molar-refractivity contribution in [2.24, 2.45) is 0 Å². The lowest BCUT2D eigenvalue weighted by Crippen LogP contribution is -2.56. The highest BCUT2D eigenvalue weighted by molar-refractivity contribution is 5.88. The summed E-state index contributed by atoms with van der Waals surface area (Å²) in [7, 11) is 1.77. The second-order valence-corrected chi connectivity index (χ2v) is 5.97. The molecular weight excluding hydrogens is 342 g/mol. The fourth-order valence-corrected chi connectivity index (χ4v) is 2.77. The molecule has 1 heterocycles. The summed E-state index contributed by atoms with van der Waals surface area (Å²) in [6.07, 6.45) is 0.188. The molecular formula is C18H28ClN3O3. The molecule has 1 N–H and O–H groups in total. The van der Waals surface area contributed by atoms with Crippen LogP contribution in [0.1, 0.15) is 18.9 Å². The molecule has 140 valence electrons. The lowest BCUT2D eigenvalue weighted by atomic mass is 10.1. The van der Waals surface area contributed by atoms with Gasteiger partial charge in [-0.1, -0.05) is 30.3 Å². The number of nitrogens with one attached hydrogen (secondary N) is 1. The number of hydrogen-bond donors (Lipinski definition) is 1. The fourth-order valence-electron chi connectivity index (χ4n) is 2.77. The van der Waals surface area contributed by atoms with Gasteiger partial charge in [-0.3, -0.25) is 9.59 Å². The summed E-state index contributed by atoms with van der Waals surface area (Å²) in [4.78, 5) is 28.3. The Hall–Kier alpha value is -1.63. The number of ether oxygens (including phenoxy) is 1. The smallest absolute Gasteiger partial charge is 0.240 e. The van der Waals surface area contributed by atoms with E-state index in [1.807, 2.05) is 37.3 Å². The van der Waals surface area contributed by atoms with Gasteiger partial charge in [0.05, 0.1) is 19.1 Å². The van der Waals surface area contributed by atoms with Crippen molar-refractivity contribution in [1.29, 1.82) is 0 Å². The maximum atomic E-state index is 12.5. The summed E-state index contributed by atoms with van der Waals surface area (Å²) in [6, 6.07) is 9.40. The van der Waals surface area contributed by atoms with E-state index in [0.29, 0.717) is 39.4 Å². The molecule has 2 rings (SSSR count). The number of rotatable bonds is 8. The van der Waals surface area contributed by atoms with E-state index in [0.717, 1.165) is 5.56 Å². The number of benzene rings is 1. The lowest BCUT2D eigenvalue weighted by molar-refractivity contribution is -0.141. The summed E-state index contributed by atoms with van der Waals surface area (Å²) < 4.78 is 5.32. The normalized spacial score (nSPS) is 17.1. The molecule has 1 aliphatic rings. The molecule has 25 heavy (non-hydrogen) atoms. The number of amides is 2. The van der Waals surface area contributed by atoms with E-state index in [-0.39, 0.29) is 30.6 Å². The van der Waals surface area contributed by atoms with Crippen LogP contribution in [0.2, 0.25) is 0 Å². The number of piperazine rings is 1. The van der Waals surface area contributed by atoms with Crippen LogP contribution in [0, 0.1) is 0 Å². The van der Waals surface area contributed by atoms with Crippen LogP contribution < -0.4 is 5.32 Å². The second-order valence-electron chi connectivity index (χ2n) is 5.97. The van der Waals surface area contributed by atoms with Crippen molar-refractivity contribution in [3.63, 3.8) is 0 Å². The average Bonchev–Trinajstić information content (AvgIpc) is 2.59. The Bertz CT molecular complexity index is 542. The van der Waals surface area contributed by atoms with Crippen molar-refractivity contribution in [2.75, 3.05) is 39.9 Å². The molecule has 0 aliphatic carbocycles. The van der Waals surface area contributed by atoms with Crippen LogP contribution in [-0.4, -0.2) is 67.6 Å². The molecule has 1 unspecified atom stereocenters. The van der Waals surface area contributed by atoms with Crippen LogP contribution in [0.4, 0.5) is 0 Å². The predicted octanol–water partition coefficient (Wildman–Crippen LogP) is 1.29. The Balaban J connectivity index is 0.00000312. The van der Waals surface area contributed by atoms with Gasteiger partial charge in [0.1, 0.15) is 0 Å². The summed E-state index contributed by atoms with van der Waals surface area (Å²) in [5.41, 5.74) is 1.08. The summed E-state index contributed by atoms with van der Waals surface area (Å²) in [6.45, 7) is 5.62. The molecule has 1 saturated heterocycles. The Labute approximate surface area is 155 Å². The van der Waals surface area contributed by atoms with Crippen molar-refractivity contribution >= 4 is 24.2 Å². The first-order valence-electron chi connectivity index (χ1n) is 8.49. The SMILES string of the molecule is CCOCCN1CCNC(CC(=O)N(C)Cc2ccccc2)C1=O.Cl. The molecule has 7 heteroatoms. The molecule has 0 bridgehead atoms. The topological polar surface area (TPSA) is 61.9 Å². The second kappa shape index (κ2) is 11.1. The van der Waals surface area contributed by atoms with Gasteiger partial charge >= 0.3 is 0 Å². The van der Waals surface area contributed by atoms with E-state index >= 15 is 0 Å². The highest BCUT2D eigenvalue weighted by atomic mass is 35.5. The molecule has 0 saturated carbocycles. The van der Waals surface area contributed by atoms with Gasteiger partial charge in [0.15, 0.2) is 0 Å².